The van der Waals surface area contributed by atoms with E-state index in [1.807, 2.05) is 6.92 Å². The molecule has 0 amide bonds. The molecular formula is C7H15NO2. The van der Waals surface area contributed by atoms with Gasteiger partial charge in [0.15, 0.2) is 0 Å². The molecule has 0 spiro atoms. The highest BCUT2D eigenvalue weighted by atomic mass is 16.5. The number of ether oxygens (including phenoxy) is 2. The Bertz CT molecular complexity index is 81.7. The lowest BCUT2D eigenvalue weighted by atomic mass is 10.3. The molecule has 1 atom stereocenters. The molecule has 1 unspecified atom stereocenters. The third-order valence-corrected chi connectivity index (χ3v) is 1.51. The Kier molecular flexibility index (Phi) is 3.72. The summed E-state index contributed by atoms with van der Waals surface area (Å²) in [5, 5.41) is 3.24. The summed E-state index contributed by atoms with van der Waals surface area (Å²) < 4.78 is 10.6. The van der Waals surface area contributed by atoms with Crippen molar-refractivity contribution >= 4 is 0 Å². The fourth-order valence-corrected chi connectivity index (χ4v) is 0.976. The molecule has 0 aromatic carbocycles. The van der Waals surface area contributed by atoms with Crippen LogP contribution in [0.15, 0.2) is 0 Å². The molecule has 10 heavy (non-hydrogen) atoms. The van der Waals surface area contributed by atoms with E-state index in [4.69, 9.17) is 9.47 Å². The molecule has 1 aliphatic rings. The molecule has 60 valence electrons. The molecule has 0 bridgehead atoms. The molecule has 0 radical (unpaired) electrons. The highest BCUT2D eigenvalue weighted by Gasteiger charge is 2.11. The quantitative estimate of drug-likeness (QED) is 0.607. The van der Waals surface area contributed by atoms with E-state index in [0.717, 1.165) is 32.9 Å². The predicted octanol–water partition coefficient (Wildman–Crippen LogP) is 0.0113. The average Bonchev–Trinajstić information content (AvgIpc) is 2.03. The third-order valence-electron chi connectivity index (χ3n) is 1.51. The van der Waals surface area contributed by atoms with Crippen LogP contribution in [0.25, 0.3) is 0 Å². The van der Waals surface area contributed by atoms with Crippen molar-refractivity contribution in [3.63, 3.8) is 0 Å². The Balaban J connectivity index is 2.02. The number of hydrogen-bond donors (Lipinski definition) is 1. The van der Waals surface area contributed by atoms with Crippen molar-refractivity contribution in [1.82, 2.24) is 5.32 Å². The highest BCUT2D eigenvalue weighted by Crippen LogP contribution is 1.95. The van der Waals surface area contributed by atoms with Gasteiger partial charge in [-0.05, 0) is 6.92 Å². The summed E-state index contributed by atoms with van der Waals surface area (Å²) in [5.74, 6) is 0. The van der Waals surface area contributed by atoms with E-state index in [-0.39, 0.29) is 6.10 Å². The topological polar surface area (TPSA) is 30.5 Å². The number of nitrogens with one attached hydrogen (secondary N) is 1. The maximum absolute atomic E-state index is 5.39. The van der Waals surface area contributed by atoms with E-state index in [2.05, 4.69) is 5.32 Å². The molecule has 0 aromatic heterocycles. The van der Waals surface area contributed by atoms with Crippen molar-refractivity contribution in [2.75, 3.05) is 32.9 Å². The van der Waals surface area contributed by atoms with Crippen LogP contribution in [-0.2, 0) is 9.47 Å². The van der Waals surface area contributed by atoms with Gasteiger partial charge in [0.1, 0.15) is 0 Å². The second-order valence-electron chi connectivity index (χ2n) is 2.36. The summed E-state index contributed by atoms with van der Waals surface area (Å²) >= 11 is 0. The fraction of sp³-hybridized carbons (Fsp3) is 1.00. The van der Waals surface area contributed by atoms with E-state index in [1.54, 1.807) is 0 Å². The minimum Gasteiger partial charge on any atom is -0.379 e. The highest BCUT2D eigenvalue weighted by molar-refractivity contribution is 4.65. The minimum atomic E-state index is 0.272. The van der Waals surface area contributed by atoms with E-state index in [9.17, 15) is 0 Å². The monoisotopic (exact) mass is 145 g/mol. The normalized spacial score (nSPS) is 26.7. The molecule has 1 N–H and O–H groups in total. The van der Waals surface area contributed by atoms with Gasteiger partial charge >= 0.3 is 0 Å². The van der Waals surface area contributed by atoms with Crippen molar-refractivity contribution in [3.05, 3.63) is 0 Å². The first-order valence-electron chi connectivity index (χ1n) is 3.83. The zero-order chi connectivity index (χ0) is 7.23. The molecule has 1 fully saturated rings. The van der Waals surface area contributed by atoms with Crippen molar-refractivity contribution in [2.24, 2.45) is 0 Å². The summed E-state index contributed by atoms with van der Waals surface area (Å²) in [4.78, 5) is 0. The zero-order valence-corrected chi connectivity index (χ0v) is 6.43. The second kappa shape index (κ2) is 4.66. The lowest BCUT2D eigenvalue weighted by molar-refractivity contribution is -0.0287. The van der Waals surface area contributed by atoms with Crippen LogP contribution < -0.4 is 5.32 Å². The van der Waals surface area contributed by atoms with Crippen molar-refractivity contribution in [3.8, 4) is 0 Å². The van der Waals surface area contributed by atoms with Crippen LogP contribution in [-0.4, -0.2) is 39.0 Å². The van der Waals surface area contributed by atoms with Gasteiger partial charge in [-0.2, -0.15) is 0 Å². The molecule has 1 rings (SSSR count). The first kappa shape index (κ1) is 7.98. The van der Waals surface area contributed by atoms with Crippen molar-refractivity contribution < 1.29 is 9.47 Å². The number of morpholine rings is 1. The predicted molar refractivity (Wildman–Crippen MR) is 39.1 cm³/mol. The molecule has 1 heterocycles. The van der Waals surface area contributed by atoms with Crippen LogP contribution >= 0.6 is 0 Å². The Hall–Kier alpha value is -0.120. The molecule has 3 heteroatoms. The van der Waals surface area contributed by atoms with Gasteiger partial charge in [0.2, 0.25) is 0 Å². The Morgan fingerprint density at radius 2 is 2.60 bits per heavy atom. The fourth-order valence-electron chi connectivity index (χ4n) is 0.976. The van der Waals surface area contributed by atoms with Gasteiger partial charge in [-0.1, -0.05) is 0 Å². The lowest BCUT2D eigenvalue weighted by Gasteiger charge is -2.22. The molecule has 3 nitrogen and oxygen atoms in total. The van der Waals surface area contributed by atoms with E-state index < -0.39 is 0 Å². The molecular weight excluding hydrogens is 130 g/mol. The maximum Gasteiger partial charge on any atom is 0.0933 e. The Morgan fingerprint density at radius 1 is 1.70 bits per heavy atom. The van der Waals surface area contributed by atoms with Gasteiger partial charge in [-0.15, -0.1) is 0 Å². The molecule has 0 aromatic rings. The second-order valence-corrected chi connectivity index (χ2v) is 2.36. The standard InChI is InChI=1S/C7H15NO2/c1-2-9-6-7-5-8-3-4-10-7/h7-8H,2-6H2,1H3. The van der Waals surface area contributed by atoms with Crippen molar-refractivity contribution in [1.29, 1.82) is 0 Å². The van der Waals surface area contributed by atoms with E-state index in [0.29, 0.717) is 0 Å². The largest absolute Gasteiger partial charge is 0.379 e. The van der Waals surface area contributed by atoms with Gasteiger partial charge in [-0.25, -0.2) is 0 Å². The van der Waals surface area contributed by atoms with Crippen LogP contribution in [0.4, 0.5) is 0 Å². The Morgan fingerprint density at radius 3 is 3.20 bits per heavy atom. The molecule has 1 saturated heterocycles. The van der Waals surface area contributed by atoms with Gasteiger partial charge in [-0.3, -0.25) is 0 Å². The van der Waals surface area contributed by atoms with Crippen molar-refractivity contribution in [2.45, 2.75) is 13.0 Å². The summed E-state index contributed by atoms with van der Waals surface area (Å²) in [6.45, 7) is 6.22. The number of hydrogen-bond acceptors (Lipinski definition) is 3. The van der Waals surface area contributed by atoms with Gasteiger partial charge in [0, 0.05) is 19.7 Å². The first-order chi connectivity index (χ1) is 4.93. The first-order valence-corrected chi connectivity index (χ1v) is 3.83. The molecule has 0 aliphatic carbocycles. The smallest absolute Gasteiger partial charge is 0.0933 e. The van der Waals surface area contributed by atoms with Gasteiger partial charge in [0.05, 0.1) is 19.3 Å². The van der Waals surface area contributed by atoms with Crippen LogP contribution in [0.3, 0.4) is 0 Å². The number of rotatable bonds is 3. The maximum atomic E-state index is 5.39. The van der Waals surface area contributed by atoms with Crippen LogP contribution in [0.5, 0.6) is 0 Å². The van der Waals surface area contributed by atoms with E-state index in [1.165, 1.54) is 0 Å². The summed E-state index contributed by atoms with van der Waals surface area (Å²) in [7, 11) is 0. The average molecular weight is 145 g/mol. The van der Waals surface area contributed by atoms with Gasteiger partial charge in [0.25, 0.3) is 0 Å². The van der Waals surface area contributed by atoms with Crippen LogP contribution in [0, 0.1) is 0 Å². The summed E-state index contributed by atoms with van der Waals surface area (Å²) in [6.07, 6.45) is 0.272. The third kappa shape index (κ3) is 2.64. The van der Waals surface area contributed by atoms with Crippen LogP contribution in [0.1, 0.15) is 6.92 Å². The van der Waals surface area contributed by atoms with Gasteiger partial charge < -0.3 is 14.8 Å². The summed E-state index contributed by atoms with van der Waals surface area (Å²) in [6, 6.07) is 0. The zero-order valence-electron chi connectivity index (χ0n) is 6.43. The van der Waals surface area contributed by atoms with E-state index >= 15 is 0 Å². The molecule has 0 saturated carbocycles. The molecule has 1 aliphatic heterocycles. The SMILES string of the molecule is CCOCC1CNCCO1. The minimum absolute atomic E-state index is 0.272. The van der Waals surface area contributed by atoms with Crippen LogP contribution in [0.2, 0.25) is 0 Å². The Labute approximate surface area is 61.7 Å². The lowest BCUT2D eigenvalue weighted by Crippen LogP contribution is -2.40. The summed E-state index contributed by atoms with van der Waals surface area (Å²) in [5.41, 5.74) is 0.